The molecule has 0 radical (unpaired) electrons. The molecule has 0 aliphatic rings. The summed E-state index contributed by atoms with van der Waals surface area (Å²) in [6.45, 7) is 0. The summed E-state index contributed by atoms with van der Waals surface area (Å²) in [5, 5.41) is 16.7. The van der Waals surface area contributed by atoms with E-state index in [1.807, 2.05) is 0 Å². The topological polar surface area (TPSA) is 97.3 Å². The van der Waals surface area contributed by atoms with Crippen molar-refractivity contribution in [3.63, 3.8) is 0 Å². The van der Waals surface area contributed by atoms with Gasteiger partial charge in [0.1, 0.15) is 0 Å². The Kier molecular flexibility index (Phi) is 124. The molecular formula is CMg2Na2O5. The van der Waals surface area contributed by atoms with Crippen molar-refractivity contribution in [2.24, 2.45) is 0 Å². The molecule has 0 saturated heterocycles. The van der Waals surface area contributed by atoms with Crippen molar-refractivity contribution in [1.82, 2.24) is 0 Å². The summed E-state index contributed by atoms with van der Waals surface area (Å²) in [5.41, 5.74) is 0. The molecule has 0 amide bonds. The second-order valence-corrected chi connectivity index (χ2v) is 0.250. The van der Waals surface area contributed by atoms with E-state index >= 15 is 0 Å². The zero-order chi connectivity index (χ0) is 7.58. The van der Waals surface area contributed by atoms with Crippen LogP contribution in [0.4, 0.5) is 4.79 Å². The number of carboxylic acid groups (broad SMARTS) is 2. The second kappa shape index (κ2) is 42.3. The van der Waals surface area contributed by atoms with E-state index in [4.69, 9.17) is 21.4 Å². The number of hydrogen-bond donors (Lipinski definition) is 0. The van der Waals surface area contributed by atoms with Crippen LogP contribution in [0.1, 0.15) is 0 Å². The van der Waals surface area contributed by atoms with Gasteiger partial charge in [-0.1, -0.05) is 0 Å². The average molecular weight is 187 g/mol. The molecule has 0 aliphatic carbocycles. The van der Waals surface area contributed by atoms with Gasteiger partial charge in [0.15, 0.2) is 0 Å². The molecule has 0 aromatic heterocycles. The van der Waals surface area contributed by atoms with Gasteiger partial charge in [-0.25, -0.2) is 0 Å². The van der Waals surface area contributed by atoms with E-state index < -0.39 is 6.16 Å². The van der Waals surface area contributed by atoms with Gasteiger partial charge >= 0.3 is 109 Å². The standard InChI is InChI=1S/CH2O3.2Mg.2Na.2O/c2-1(3)4;;;;;;/h(H2,2,3,4);;;;;;/q;;;2*+1;;/p-2. The SMILES string of the molecule is O=C([O-])[O-].[Na+].[Na+].[O]=[Mg].[O]=[Mg]. The van der Waals surface area contributed by atoms with E-state index in [-0.39, 0.29) is 59.1 Å². The van der Waals surface area contributed by atoms with Gasteiger partial charge in [0.05, 0.1) is 0 Å². The Morgan fingerprint density at radius 3 is 0.900 bits per heavy atom. The van der Waals surface area contributed by atoms with Gasteiger partial charge in [-0.05, 0) is 6.16 Å². The summed E-state index contributed by atoms with van der Waals surface area (Å²) in [5.74, 6) is 0. The fraction of sp³-hybridized carbons (Fsp3) is 0. The van der Waals surface area contributed by atoms with Crippen molar-refractivity contribution in [2.45, 2.75) is 0 Å². The van der Waals surface area contributed by atoms with Gasteiger partial charge in [0.25, 0.3) is 0 Å². The Morgan fingerprint density at radius 1 is 0.900 bits per heavy atom. The van der Waals surface area contributed by atoms with Crippen molar-refractivity contribution in [2.75, 3.05) is 0 Å². The Bertz CT molecular complexity index is 55.6. The van der Waals surface area contributed by atoms with Gasteiger partial charge in [0.2, 0.25) is 0 Å². The van der Waals surface area contributed by atoms with Crippen molar-refractivity contribution in [3.8, 4) is 0 Å². The van der Waals surface area contributed by atoms with Crippen LogP contribution in [0.3, 0.4) is 0 Å². The first-order valence-corrected chi connectivity index (χ1v) is 2.34. The Hall–Kier alpha value is 2.40. The van der Waals surface area contributed by atoms with Crippen LogP contribution in [0.15, 0.2) is 0 Å². The first-order valence-electron chi connectivity index (χ1n) is 1.19. The summed E-state index contributed by atoms with van der Waals surface area (Å²) >= 11 is 1.22. The summed E-state index contributed by atoms with van der Waals surface area (Å²) in [4.78, 5) is 8.33. The molecule has 0 atom stereocenters. The Morgan fingerprint density at radius 2 is 0.900 bits per heavy atom. The molecule has 0 saturated carbocycles. The molecule has 0 heterocycles. The molecule has 0 N–H and O–H groups in total. The second-order valence-electron chi connectivity index (χ2n) is 0.250. The van der Waals surface area contributed by atoms with E-state index in [2.05, 4.69) is 0 Å². The van der Waals surface area contributed by atoms with E-state index in [0.717, 1.165) is 0 Å². The molecule has 0 fully saturated rings. The van der Waals surface area contributed by atoms with E-state index in [1.54, 1.807) is 0 Å². The summed E-state index contributed by atoms with van der Waals surface area (Å²) in [7, 11) is 0. The van der Waals surface area contributed by atoms with Crippen LogP contribution >= 0.6 is 0 Å². The molecule has 0 aliphatic heterocycles. The van der Waals surface area contributed by atoms with E-state index in [9.17, 15) is 0 Å². The third-order valence-electron chi connectivity index (χ3n) is 0. The molecule has 0 bridgehead atoms. The summed E-state index contributed by atoms with van der Waals surface area (Å²) in [6, 6.07) is 0. The number of carbonyl (C=O) groups is 1. The van der Waals surface area contributed by atoms with Gasteiger partial charge in [-0.2, -0.15) is 0 Å². The van der Waals surface area contributed by atoms with Crippen LogP contribution in [-0.4, -0.2) is 49.5 Å². The Balaban J connectivity index is -0.0000000125. The predicted octanol–water partition coefficient (Wildman–Crippen LogP) is -9.44. The van der Waals surface area contributed by atoms with E-state index in [0.29, 0.717) is 43.4 Å². The van der Waals surface area contributed by atoms with Crippen LogP contribution in [-0.2, 0) is 6.35 Å². The van der Waals surface area contributed by atoms with Crippen LogP contribution in [0, 0.1) is 0 Å². The molecule has 0 rings (SSSR count). The molecule has 10 heavy (non-hydrogen) atoms. The molecular weight excluding hydrogens is 187 g/mol. The van der Waals surface area contributed by atoms with Crippen molar-refractivity contribution in [3.05, 3.63) is 0 Å². The average Bonchev–Trinajstić information content (AvgIpc) is 1.75. The summed E-state index contributed by atoms with van der Waals surface area (Å²) < 4.78 is 16.6. The molecule has 0 spiro atoms. The van der Waals surface area contributed by atoms with Crippen LogP contribution in [0.25, 0.3) is 0 Å². The minimum absolute atomic E-state index is 0. The molecule has 40 valence electrons. The van der Waals surface area contributed by atoms with E-state index in [1.165, 1.54) is 0 Å². The van der Waals surface area contributed by atoms with Gasteiger partial charge in [-0.3, -0.25) is 0 Å². The third-order valence-corrected chi connectivity index (χ3v) is 0. The normalized spacial score (nSPS) is 3.60. The predicted molar refractivity (Wildman–Crippen MR) is 18.3 cm³/mol. The first-order chi connectivity index (χ1) is 3.73. The van der Waals surface area contributed by atoms with Gasteiger partial charge in [-0.15, -0.1) is 0 Å². The maximum atomic E-state index is 8.33. The Labute approximate surface area is 127 Å². The summed E-state index contributed by atoms with van der Waals surface area (Å²) in [6.07, 6.45) is -2.33. The molecule has 0 aromatic rings. The molecule has 0 unspecified atom stereocenters. The number of carbonyl (C=O) groups excluding carboxylic acids is 1. The van der Waals surface area contributed by atoms with Crippen LogP contribution < -0.4 is 69.3 Å². The van der Waals surface area contributed by atoms with Crippen molar-refractivity contribution >= 4 is 49.5 Å². The third kappa shape index (κ3) is 159. The fourth-order valence-electron chi connectivity index (χ4n) is 0. The van der Waals surface area contributed by atoms with Gasteiger partial charge in [0, 0.05) is 0 Å². The number of hydrogen-bond acceptors (Lipinski definition) is 5. The zero-order valence-electron chi connectivity index (χ0n) is 5.96. The number of rotatable bonds is 0. The van der Waals surface area contributed by atoms with Crippen LogP contribution in [0.2, 0.25) is 0 Å². The maximum absolute atomic E-state index is 8.33. The monoisotopic (exact) mass is 186 g/mol. The minimum atomic E-state index is -2.33. The first kappa shape index (κ1) is 29.4. The molecule has 0 aromatic carbocycles. The fourth-order valence-corrected chi connectivity index (χ4v) is 0. The van der Waals surface area contributed by atoms with Crippen molar-refractivity contribution in [1.29, 1.82) is 0 Å². The van der Waals surface area contributed by atoms with Gasteiger partial charge < -0.3 is 15.0 Å². The zero-order valence-corrected chi connectivity index (χ0v) is 12.8. The van der Waals surface area contributed by atoms with Crippen LogP contribution in [0.5, 0.6) is 0 Å². The molecule has 5 nitrogen and oxygen atoms in total. The van der Waals surface area contributed by atoms with Crippen molar-refractivity contribution < 1.29 is 80.5 Å². The quantitative estimate of drug-likeness (QED) is 0.350. The molecule has 9 heteroatoms.